The van der Waals surface area contributed by atoms with Crippen LogP contribution in [0.3, 0.4) is 0 Å². The molecule has 0 saturated heterocycles. The zero-order valence-corrected chi connectivity index (χ0v) is 10.2. The summed E-state index contributed by atoms with van der Waals surface area (Å²) >= 11 is 0. The molecule has 1 aliphatic carbocycles. The van der Waals surface area contributed by atoms with E-state index >= 15 is 0 Å². The predicted octanol–water partition coefficient (Wildman–Crippen LogP) is 2.19. The molecule has 17 heavy (non-hydrogen) atoms. The lowest BCUT2D eigenvalue weighted by Gasteiger charge is -2.18. The van der Waals surface area contributed by atoms with Gasteiger partial charge in [-0.25, -0.2) is 0 Å². The van der Waals surface area contributed by atoms with Gasteiger partial charge in [0.25, 0.3) is 5.69 Å². The average molecular weight is 236 g/mol. The van der Waals surface area contributed by atoms with Crippen molar-refractivity contribution in [2.24, 2.45) is 11.1 Å². The van der Waals surface area contributed by atoms with Crippen LogP contribution in [0, 0.1) is 15.5 Å². The molecule has 1 fully saturated rings. The topological polar surface area (TPSA) is 78.4 Å². The minimum atomic E-state index is -0.437. The minimum absolute atomic E-state index is 0.0103. The highest BCUT2D eigenvalue weighted by molar-refractivity contribution is 5.51. The van der Waals surface area contributed by atoms with Gasteiger partial charge >= 0.3 is 0 Å². The van der Waals surface area contributed by atoms with Crippen molar-refractivity contribution in [3.05, 3.63) is 33.9 Å². The normalized spacial score (nSPS) is 25.4. The van der Waals surface area contributed by atoms with Gasteiger partial charge in [-0.05, 0) is 17.9 Å². The first-order valence-electron chi connectivity index (χ1n) is 5.43. The van der Waals surface area contributed by atoms with Crippen LogP contribution in [0.1, 0.15) is 25.8 Å². The lowest BCUT2D eigenvalue weighted by atomic mass is 9.96. The minimum Gasteiger partial charge on any atom is -0.496 e. The van der Waals surface area contributed by atoms with E-state index in [9.17, 15) is 10.1 Å². The van der Waals surface area contributed by atoms with E-state index in [0.29, 0.717) is 5.75 Å². The Morgan fingerprint density at radius 2 is 2.06 bits per heavy atom. The lowest BCUT2D eigenvalue weighted by molar-refractivity contribution is -0.384. The molecule has 92 valence electrons. The molecule has 1 atom stereocenters. The standard InChI is InChI=1S/C12H16N2O3/c1-11(2)7-12(11,13)9-5-4-8(14(15)16)6-10(9)17-3/h4-6H,7,13H2,1-3H3. The molecule has 0 amide bonds. The van der Waals surface area contributed by atoms with Gasteiger partial charge in [0.15, 0.2) is 0 Å². The second-order valence-corrected chi connectivity index (χ2v) is 5.17. The number of hydrogen-bond donors (Lipinski definition) is 1. The molecule has 5 nitrogen and oxygen atoms in total. The number of non-ortho nitro benzene ring substituents is 1. The van der Waals surface area contributed by atoms with Crippen LogP contribution in [0.15, 0.2) is 18.2 Å². The summed E-state index contributed by atoms with van der Waals surface area (Å²) in [5.41, 5.74) is 6.74. The van der Waals surface area contributed by atoms with E-state index < -0.39 is 10.5 Å². The van der Waals surface area contributed by atoms with Crippen LogP contribution in [0.5, 0.6) is 5.75 Å². The van der Waals surface area contributed by atoms with Crippen LogP contribution in [0.25, 0.3) is 0 Å². The SMILES string of the molecule is COc1cc([N+](=O)[O-])ccc1C1(N)CC1(C)C. The summed E-state index contributed by atoms with van der Waals surface area (Å²) in [5.74, 6) is 0.493. The molecule has 0 aliphatic heterocycles. The first-order chi connectivity index (χ1) is 7.82. The van der Waals surface area contributed by atoms with Crippen LogP contribution in [0.4, 0.5) is 5.69 Å². The second kappa shape index (κ2) is 3.43. The monoisotopic (exact) mass is 236 g/mol. The van der Waals surface area contributed by atoms with Gasteiger partial charge in [-0.3, -0.25) is 10.1 Å². The molecule has 1 aromatic carbocycles. The van der Waals surface area contributed by atoms with Gasteiger partial charge < -0.3 is 10.5 Å². The number of nitrogens with zero attached hydrogens (tertiary/aromatic N) is 1. The van der Waals surface area contributed by atoms with E-state index in [1.165, 1.54) is 19.2 Å². The van der Waals surface area contributed by atoms with E-state index in [1.807, 2.05) is 0 Å². The molecule has 0 aromatic heterocycles. The van der Waals surface area contributed by atoms with Crippen LogP contribution >= 0.6 is 0 Å². The van der Waals surface area contributed by atoms with Crippen LogP contribution in [-0.2, 0) is 5.54 Å². The summed E-state index contributed by atoms with van der Waals surface area (Å²) in [6.07, 6.45) is 0.855. The number of benzene rings is 1. The van der Waals surface area contributed by atoms with Crippen molar-refractivity contribution in [3.63, 3.8) is 0 Å². The summed E-state index contributed by atoms with van der Waals surface area (Å²) in [4.78, 5) is 10.3. The van der Waals surface area contributed by atoms with Crippen LogP contribution < -0.4 is 10.5 Å². The molecular formula is C12H16N2O3. The molecule has 5 heteroatoms. The summed E-state index contributed by atoms with van der Waals surface area (Å²) in [5, 5.41) is 10.7. The third kappa shape index (κ3) is 1.67. The molecule has 0 radical (unpaired) electrons. The molecule has 0 spiro atoms. The van der Waals surface area contributed by atoms with Crippen molar-refractivity contribution in [3.8, 4) is 5.75 Å². The first kappa shape index (κ1) is 11.9. The Morgan fingerprint density at radius 3 is 2.47 bits per heavy atom. The number of hydrogen-bond acceptors (Lipinski definition) is 4. The van der Waals surface area contributed by atoms with Crippen molar-refractivity contribution in [2.75, 3.05) is 7.11 Å². The van der Waals surface area contributed by atoms with Crippen molar-refractivity contribution < 1.29 is 9.66 Å². The van der Waals surface area contributed by atoms with Gasteiger partial charge in [-0.1, -0.05) is 13.8 Å². The molecule has 2 rings (SSSR count). The number of methoxy groups -OCH3 is 1. The maximum absolute atomic E-state index is 10.7. The molecule has 1 aromatic rings. The van der Waals surface area contributed by atoms with Gasteiger partial charge in [0.1, 0.15) is 5.75 Å². The Labute approximate surface area is 99.7 Å². The third-order valence-corrected chi connectivity index (χ3v) is 3.68. The fourth-order valence-corrected chi connectivity index (χ4v) is 2.27. The molecule has 0 bridgehead atoms. The van der Waals surface area contributed by atoms with Gasteiger partial charge in [0.2, 0.25) is 0 Å². The quantitative estimate of drug-likeness (QED) is 0.644. The fraction of sp³-hybridized carbons (Fsp3) is 0.500. The lowest BCUT2D eigenvalue weighted by Crippen LogP contribution is -2.26. The third-order valence-electron chi connectivity index (χ3n) is 3.68. The van der Waals surface area contributed by atoms with E-state index in [4.69, 9.17) is 10.5 Å². The highest BCUT2D eigenvalue weighted by Crippen LogP contribution is 2.62. The Morgan fingerprint density at radius 1 is 1.47 bits per heavy atom. The number of nitrogens with two attached hydrogens (primary N) is 1. The van der Waals surface area contributed by atoms with E-state index in [-0.39, 0.29) is 11.1 Å². The molecule has 1 aliphatic rings. The molecule has 1 unspecified atom stereocenters. The Hall–Kier alpha value is -1.62. The Bertz CT molecular complexity index is 485. The highest BCUT2D eigenvalue weighted by Gasteiger charge is 2.60. The van der Waals surface area contributed by atoms with Crippen molar-refractivity contribution in [2.45, 2.75) is 25.8 Å². The highest BCUT2D eigenvalue weighted by atomic mass is 16.6. The van der Waals surface area contributed by atoms with Crippen molar-refractivity contribution in [1.29, 1.82) is 0 Å². The van der Waals surface area contributed by atoms with E-state index in [2.05, 4.69) is 13.8 Å². The fourth-order valence-electron chi connectivity index (χ4n) is 2.27. The maximum atomic E-state index is 10.7. The van der Waals surface area contributed by atoms with Crippen molar-refractivity contribution in [1.82, 2.24) is 0 Å². The average Bonchev–Trinajstić information content (AvgIpc) is 2.78. The van der Waals surface area contributed by atoms with E-state index in [0.717, 1.165) is 12.0 Å². The Balaban J connectivity index is 2.47. The summed E-state index contributed by atoms with van der Waals surface area (Å²) < 4.78 is 5.21. The maximum Gasteiger partial charge on any atom is 0.273 e. The largest absolute Gasteiger partial charge is 0.496 e. The Kier molecular flexibility index (Phi) is 2.39. The smallest absolute Gasteiger partial charge is 0.273 e. The molecule has 1 saturated carbocycles. The predicted molar refractivity (Wildman–Crippen MR) is 63.9 cm³/mol. The molecule has 2 N–H and O–H groups in total. The molecule has 0 heterocycles. The summed E-state index contributed by atoms with van der Waals surface area (Å²) in [6.45, 7) is 4.15. The number of rotatable bonds is 3. The van der Waals surface area contributed by atoms with Crippen LogP contribution in [-0.4, -0.2) is 12.0 Å². The zero-order chi connectivity index (χ0) is 12.8. The van der Waals surface area contributed by atoms with Gasteiger partial charge in [-0.2, -0.15) is 0 Å². The van der Waals surface area contributed by atoms with Crippen molar-refractivity contribution >= 4 is 5.69 Å². The zero-order valence-electron chi connectivity index (χ0n) is 10.2. The first-order valence-corrected chi connectivity index (χ1v) is 5.43. The second-order valence-electron chi connectivity index (χ2n) is 5.17. The van der Waals surface area contributed by atoms with Crippen LogP contribution in [0.2, 0.25) is 0 Å². The summed E-state index contributed by atoms with van der Waals surface area (Å²) in [7, 11) is 1.50. The van der Waals surface area contributed by atoms with E-state index in [1.54, 1.807) is 6.07 Å². The van der Waals surface area contributed by atoms with Gasteiger partial charge in [-0.15, -0.1) is 0 Å². The summed E-state index contributed by atoms with van der Waals surface area (Å²) in [6, 6.07) is 4.60. The van der Waals surface area contributed by atoms with Gasteiger partial charge in [0, 0.05) is 11.6 Å². The number of ether oxygens (including phenoxy) is 1. The van der Waals surface area contributed by atoms with Gasteiger partial charge in [0.05, 0.1) is 23.6 Å². The number of nitro groups is 1. The molecular weight excluding hydrogens is 220 g/mol. The number of nitro benzene ring substituents is 1.